The van der Waals surface area contributed by atoms with Gasteiger partial charge in [0.05, 0.1) is 6.20 Å². The minimum Gasteiger partial charge on any atom is -0.376 e. The van der Waals surface area contributed by atoms with E-state index in [0.717, 1.165) is 10.0 Å². The van der Waals surface area contributed by atoms with Crippen molar-refractivity contribution >= 4 is 27.5 Å². The molecule has 2 N–H and O–H groups in total. The van der Waals surface area contributed by atoms with Crippen LogP contribution in [0.4, 0.5) is 0 Å². The Balaban J connectivity index is 2.30. The van der Waals surface area contributed by atoms with Gasteiger partial charge in [0.1, 0.15) is 5.60 Å². The van der Waals surface area contributed by atoms with Gasteiger partial charge in [0.15, 0.2) is 0 Å². The predicted molar refractivity (Wildman–Crippen MR) is 86.3 cm³/mol. The van der Waals surface area contributed by atoms with Crippen molar-refractivity contribution in [2.75, 3.05) is 0 Å². The quantitative estimate of drug-likeness (QED) is 0.736. The molecule has 21 heavy (non-hydrogen) atoms. The lowest BCUT2D eigenvalue weighted by Crippen LogP contribution is -2.28. The third-order valence-corrected chi connectivity index (χ3v) is 4.25. The highest BCUT2D eigenvalue weighted by molar-refractivity contribution is 9.10. The van der Waals surface area contributed by atoms with Gasteiger partial charge in [0.2, 0.25) is 0 Å². The first-order valence-electron chi connectivity index (χ1n) is 6.35. The van der Waals surface area contributed by atoms with Crippen molar-refractivity contribution in [1.82, 2.24) is 10.2 Å². The SMILES string of the molecule is OC(c1ccccc1)(c1cn[nH]c1)c1cc(Br)ccc1Cl. The molecule has 0 saturated heterocycles. The second kappa shape index (κ2) is 5.64. The molecule has 1 atom stereocenters. The zero-order valence-corrected chi connectivity index (χ0v) is 13.3. The zero-order chi connectivity index (χ0) is 14.9. The van der Waals surface area contributed by atoms with Crippen LogP contribution in [-0.4, -0.2) is 15.3 Å². The number of aromatic nitrogens is 2. The van der Waals surface area contributed by atoms with Crippen molar-refractivity contribution < 1.29 is 5.11 Å². The van der Waals surface area contributed by atoms with Crippen molar-refractivity contribution in [3.05, 3.63) is 87.1 Å². The standard InChI is InChI=1S/C16H12BrClN2O/c17-13-6-7-15(18)14(8-13)16(21,12-9-19-20-10-12)11-4-2-1-3-5-11/h1-10,21H,(H,19,20). The maximum atomic E-state index is 11.5. The summed E-state index contributed by atoms with van der Waals surface area (Å²) in [7, 11) is 0. The summed E-state index contributed by atoms with van der Waals surface area (Å²) in [4.78, 5) is 0. The third kappa shape index (κ3) is 2.50. The minimum atomic E-state index is -1.37. The summed E-state index contributed by atoms with van der Waals surface area (Å²) >= 11 is 9.77. The summed E-state index contributed by atoms with van der Waals surface area (Å²) in [6.45, 7) is 0. The molecule has 1 heterocycles. The van der Waals surface area contributed by atoms with Gasteiger partial charge >= 0.3 is 0 Å². The largest absolute Gasteiger partial charge is 0.376 e. The van der Waals surface area contributed by atoms with E-state index >= 15 is 0 Å². The number of aliphatic hydroxyl groups is 1. The van der Waals surface area contributed by atoms with Crippen molar-refractivity contribution in [2.24, 2.45) is 0 Å². The summed E-state index contributed by atoms with van der Waals surface area (Å²) in [5.41, 5.74) is 0.598. The van der Waals surface area contributed by atoms with Crippen molar-refractivity contribution in [3.63, 3.8) is 0 Å². The van der Waals surface area contributed by atoms with Crippen LogP contribution in [0, 0.1) is 0 Å². The molecule has 106 valence electrons. The molecule has 0 amide bonds. The molecule has 1 aromatic heterocycles. The van der Waals surface area contributed by atoms with E-state index in [-0.39, 0.29) is 0 Å². The minimum absolute atomic E-state index is 0.491. The summed E-state index contributed by atoms with van der Waals surface area (Å²) in [6.07, 6.45) is 3.27. The fourth-order valence-electron chi connectivity index (χ4n) is 2.38. The van der Waals surface area contributed by atoms with Gasteiger partial charge in [-0.25, -0.2) is 0 Å². The molecule has 0 bridgehead atoms. The molecule has 0 radical (unpaired) electrons. The van der Waals surface area contributed by atoms with Crippen LogP contribution in [0.1, 0.15) is 16.7 Å². The van der Waals surface area contributed by atoms with Crippen LogP contribution in [0.15, 0.2) is 65.4 Å². The Hall–Kier alpha value is -1.62. The number of halogens is 2. The maximum absolute atomic E-state index is 11.5. The van der Waals surface area contributed by atoms with E-state index in [4.69, 9.17) is 11.6 Å². The monoisotopic (exact) mass is 362 g/mol. The highest BCUT2D eigenvalue weighted by Gasteiger charge is 2.36. The van der Waals surface area contributed by atoms with E-state index in [1.165, 1.54) is 0 Å². The lowest BCUT2D eigenvalue weighted by Gasteiger charge is -2.29. The van der Waals surface area contributed by atoms with Crippen LogP contribution < -0.4 is 0 Å². The number of nitrogens with one attached hydrogen (secondary N) is 1. The number of benzene rings is 2. The lowest BCUT2D eigenvalue weighted by molar-refractivity contribution is 0.126. The van der Waals surface area contributed by atoms with E-state index < -0.39 is 5.60 Å². The van der Waals surface area contributed by atoms with Crippen LogP contribution in [0.2, 0.25) is 5.02 Å². The Bertz CT molecular complexity index is 746. The first kappa shape index (κ1) is 14.3. The molecule has 5 heteroatoms. The topological polar surface area (TPSA) is 48.9 Å². The fraction of sp³-hybridized carbons (Fsp3) is 0.0625. The molecular formula is C16H12BrClN2O. The molecule has 0 aliphatic heterocycles. The van der Waals surface area contributed by atoms with Crippen molar-refractivity contribution in [2.45, 2.75) is 5.60 Å². The molecule has 3 aromatic rings. The fourth-order valence-corrected chi connectivity index (χ4v) is 3.00. The molecular weight excluding hydrogens is 352 g/mol. The van der Waals surface area contributed by atoms with Crippen molar-refractivity contribution in [1.29, 1.82) is 0 Å². The average Bonchev–Trinajstić information content (AvgIpc) is 3.05. The van der Waals surface area contributed by atoms with E-state index in [1.54, 1.807) is 18.5 Å². The first-order valence-corrected chi connectivity index (χ1v) is 7.52. The number of H-pyrrole nitrogens is 1. The zero-order valence-electron chi connectivity index (χ0n) is 10.9. The second-order valence-electron chi connectivity index (χ2n) is 4.69. The highest BCUT2D eigenvalue weighted by Crippen LogP contribution is 2.40. The van der Waals surface area contributed by atoms with E-state index in [0.29, 0.717) is 16.1 Å². The summed E-state index contributed by atoms with van der Waals surface area (Å²) in [5.74, 6) is 0. The Morgan fingerprint density at radius 2 is 1.86 bits per heavy atom. The number of nitrogens with zero attached hydrogens (tertiary/aromatic N) is 1. The van der Waals surface area contributed by atoms with Crippen LogP contribution in [0.3, 0.4) is 0 Å². The van der Waals surface area contributed by atoms with Gasteiger partial charge in [-0.3, -0.25) is 5.10 Å². The number of hydrogen-bond acceptors (Lipinski definition) is 2. The predicted octanol–water partition coefficient (Wildman–Crippen LogP) is 4.11. The normalized spacial score (nSPS) is 13.9. The molecule has 0 spiro atoms. The number of hydrogen-bond donors (Lipinski definition) is 2. The molecule has 2 aromatic carbocycles. The highest BCUT2D eigenvalue weighted by atomic mass is 79.9. The molecule has 3 nitrogen and oxygen atoms in total. The summed E-state index contributed by atoms with van der Waals surface area (Å²) in [6, 6.07) is 14.8. The molecule has 0 fully saturated rings. The van der Waals surface area contributed by atoms with E-state index in [2.05, 4.69) is 26.1 Å². The molecule has 0 aliphatic carbocycles. The van der Waals surface area contributed by atoms with Gasteiger partial charge in [-0.05, 0) is 23.8 Å². The van der Waals surface area contributed by atoms with Gasteiger partial charge in [0, 0.05) is 26.8 Å². The van der Waals surface area contributed by atoms with E-state index in [1.807, 2.05) is 42.5 Å². The lowest BCUT2D eigenvalue weighted by atomic mass is 9.82. The van der Waals surface area contributed by atoms with Crippen molar-refractivity contribution in [3.8, 4) is 0 Å². The van der Waals surface area contributed by atoms with Gasteiger partial charge in [-0.1, -0.05) is 57.9 Å². The number of rotatable bonds is 3. The Morgan fingerprint density at radius 1 is 1.10 bits per heavy atom. The average molecular weight is 364 g/mol. The second-order valence-corrected chi connectivity index (χ2v) is 6.01. The van der Waals surface area contributed by atoms with Crippen LogP contribution in [-0.2, 0) is 5.60 Å². The number of aromatic amines is 1. The maximum Gasteiger partial charge on any atom is 0.145 e. The van der Waals surface area contributed by atoms with Crippen LogP contribution >= 0.6 is 27.5 Å². The molecule has 0 saturated carbocycles. The van der Waals surface area contributed by atoms with Gasteiger partial charge in [-0.15, -0.1) is 0 Å². The van der Waals surface area contributed by atoms with Gasteiger partial charge < -0.3 is 5.11 Å². The van der Waals surface area contributed by atoms with Gasteiger partial charge in [-0.2, -0.15) is 5.10 Å². The Labute approximate surface area is 135 Å². The van der Waals surface area contributed by atoms with Crippen LogP contribution in [0.25, 0.3) is 0 Å². The Kier molecular flexibility index (Phi) is 3.85. The molecule has 0 aliphatic rings. The summed E-state index contributed by atoms with van der Waals surface area (Å²) in [5, 5.41) is 18.6. The first-order chi connectivity index (χ1) is 10.1. The van der Waals surface area contributed by atoms with Gasteiger partial charge in [0.25, 0.3) is 0 Å². The smallest absolute Gasteiger partial charge is 0.145 e. The van der Waals surface area contributed by atoms with Crippen LogP contribution in [0.5, 0.6) is 0 Å². The Morgan fingerprint density at radius 3 is 2.52 bits per heavy atom. The molecule has 1 unspecified atom stereocenters. The molecule has 3 rings (SSSR count). The summed E-state index contributed by atoms with van der Waals surface area (Å²) < 4.78 is 0.847. The third-order valence-electron chi connectivity index (χ3n) is 3.43. The van der Waals surface area contributed by atoms with E-state index in [9.17, 15) is 5.11 Å².